The summed E-state index contributed by atoms with van der Waals surface area (Å²) in [6.07, 6.45) is 7.27. The molecule has 2 fully saturated rings. The third-order valence-electron chi connectivity index (χ3n) is 5.31. The Hall–Kier alpha value is -0.610. The Morgan fingerprint density at radius 3 is 2.71 bits per heavy atom. The Labute approximate surface area is 129 Å². The Balaban J connectivity index is 2.01. The summed E-state index contributed by atoms with van der Waals surface area (Å²) in [5.41, 5.74) is -0.00696. The monoisotopic (exact) mass is 296 g/mol. The van der Waals surface area contributed by atoms with Gasteiger partial charge in [0.15, 0.2) is 0 Å². The maximum absolute atomic E-state index is 12.7. The van der Waals surface area contributed by atoms with Crippen LogP contribution in [0.15, 0.2) is 0 Å². The molecule has 0 radical (unpaired) electrons. The molecule has 0 aromatic rings. The summed E-state index contributed by atoms with van der Waals surface area (Å²) < 4.78 is 6.06. The van der Waals surface area contributed by atoms with Gasteiger partial charge in [0.1, 0.15) is 0 Å². The first-order valence-electron chi connectivity index (χ1n) is 8.83. The fourth-order valence-corrected chi connectivity index (χ4v) is 3.78. The molecule has 2 saturated heterocycles. The minimum atomic E-state index is -0.00696. The number of ether oxygens (including phenoxy) is 1. The van der Waals surface area contributed by atoms with E-state index in [0.717, 1.165) is 64.6 Å². The van der Waals surface area contributed by atoms with Gasteiger partial charge in [0.25, 0.3) is 0 Å². The number of nitrogens with zero attached hydrogens (tertiary/aromatic N) is 1. The molecular weight excluding hydrogens is 264 g/mol. The average Bonchev–Trinajstić information content (AvgIpc) is 2.54. The van der Waals surface area contributed by atoms with Gasteiger partial charge in [-0.2, -0.15) is 0 Å². The van der Waals surface area contributed by atoms with E-state index in [1.54, 1.807) is 0 Å². The van der Waals surface area contributed by atoms with Crippen molar-refractivity contribution >= 4 is 5.91 Å². The Morgan fingerprint density at radius 1 is 1.29 bits per heavy atom. The summed E-state index contributed by atoms with van der Waals surface area (Å²) in [6.45, 7) is 9.21. The highest BCUT2D eigenvalue weighted by Crippen LogP contribution is 2.34. The van der Waals surface area contributed by atoms with Gasteiger partial charge in [0.2, 0.25) is 5.91 Å². The lowest BCUT2D eigenvalue weighted by atomic mass is 9.84. The van der Waals surface area contributed by atoms with Crippen molar-refractivity contribution in [2.45, 2.75) is 83.4 Å². The molecule has 0 aromatic carbocycles. The maximum Gasteiger partial charge on any atom is 0.239 e. The predicted octanol–water partition coefficient (Wildman–Crippen LogP) is 2.71. The molecule has 2 atom stereocenters. The van der Waals surface area contributed by atoms with E-state index in [-0.39, 0.29) is 11.6 Å². The lowest BCUT2D eigenvalue weighted by Crippen LogP contribution is -2.57. The number of piperidine rings is 1. The van der Waals surface area contributed by atoms with Crippen LogP contribution in [-0.4, -0.2) is 48.2 Å². The van der Waals surface area contributed by atoms with Gasteiger partial charge in [-0.05, 0) is 51.5 Å². The van der Waals surface area contributed by atoms with Crippen LogP contribution < -0.4 is 5.32 Å². The molecule has 0 saturated carbocycles. The molecular formula is C17H32N2O2. The quantitative estimate of drug-likeness (QED) is 0.819. The highest BCUT2D eigenvalue weighted by Gasteiger charge is 2.40. The van der Waals surface area contributed by atoms with Crippen LogP contribution in [0.3, 0.4) is 0 Å². The Kier molecular flexibility index (Phi) is 6.06. The molecule has 122 valence electrons. The maximum atomic E-state index is 12.7. The number of amides is 1. The van der Waals surface area contributed by atoms with Crippen LogP contribution in [0, 0.1) is 0 Å². The molecule has 1 amide bonds. The first-order chi connectivity index (χ1) is 10.2. The molecule has 4 nitrogen and oxygen atoms in total. The van der Waals surface area contributed by atoms with Crippen molar-refractivity contribution in [1.82, 2.24) is 10.2 Å². The molecule has 0 bridgehead atoms. The number of nitrogens with one attached hydrogen (secondary N) is 1. The van der Waals surface area contributed by atoms with Crippen molar-refractivity contribution < 1.29 is 9.53 Å². The van der Waals surface area contributed by atoms with Gasteiger partial charge in [-0.15, -0.1) is 0 Å². The highest BCUT2D eigenvalue weighted by atomic mass is 16.5. The fourth-order valence-electron chi connectivity index (χ4n) is 3.78. The van der Waals surface area contributed by atoms with Crippen molar-refractivity contribution in [3.63, 3.8) is 0 Å². The Morgan fingerprint density at radius 2 is 2.05 bits per heavy atom. The van der Waals surface area contributed by atoms with Crippen LogP contribution in [0.5, 0.6) is 0 Å². The average molecular weight is 296 g/mol. The summed E-state index contributed by atoms with van der Waals surface area (Å²) in [7, 11) is 0. The van der Waals surface area contributed by atoms with Crippen LogP contribution >= 0.6 is 0 Å². The van der Waals surface area contributed by atoms with E-state index in [4.69, 9.17) is 4.74 Å². The van der Waals surface area contributed by atoms with Crippen LogP contribution in [-0.2, 0) is 9.53 Å². The fraction of sp³-hybridized carbons (Fsp3) is 0.941. The van der Waals surface area contributed by atoms with Crippen LogP contribution in [0.2, 0.25) is 0 Å². The largest absolute Gasteiger partial charge is 0.375 e. The van der Waals surface area contributed by atoms with Gasteiger partial charge >= 0.3 is 0 Å². The van der Waals surface area contributed by atoms with Crippen molar-refractivity contribution in [2.75, 3.05) is 19.7 Å². The number of hydrogen-bond donors (Lipinski definition) is 1. The van der Waals surface area contributed by atoms with E-state index < -0.39 is 0 Å². The molecule has 2 heterocycles. The topological polar surface area (TPSA) is 41.6 Å². The molecule has 2 aliphatic heterocycles. The SMILES string of the molecule is CCCNC1CCCN(C2CCOC(CC)(CC)C2)C1=O. The summed E-state index contributed by atoms with van der Waals surface area (Å²) in [5.74, 6) is 0.322. The van der Waals surface area contributed by atoms with Crippen molar-refractivity contribution in [3.8, 4) is 0 Å². The minimum Gasteiger partial charge on any atom is -0.375 e. The molecule has 21 heavy (non-hydrogen) atoms. The lowest BCUT2D eigenvalue weighted by molar-refractivity contribution is -0.149. The summed E-state index contributed by atoms with van der Waals surface area (Å²) in [6, 6.07) is 0.413. The molecule has 2 unspecified atom stereocenters. The van der Waals surface area contributed by atoms with E-state index in [9.17, 15) is 4.79 Å². The van der Waals surface area contributed by atoms with Crippen LogP contribution in [0.4, 0.5) is 0 Å². The first kappa shape index (κ1) is 16.8. The third-order valence-corrected chi connectivity index (χ3v) is 5.31. The van der Waals surface area contributed by atoms with Gasteiger partial charge < -0.3 is 15.0 Å². The van der Waals surface area contributed by atoms with E-state index in [2.05, 4.69) is 31.0 Å². The number of rotatable bonds is 6. The third kappa shape index (κ3) is 3.78. The van der Waals surface area contributed by atoms with Crippen LogP contribution in [0.25, 0.3) is 0 Å². The summed E-state index contributed by atoms with van der Waals surface area (Å²) in [5, 5.41) is 3.42. The van der Waals surface area contributed by atoms with Crippen molar-refractivity contribution in [2.24, 2.45) is 0 Å². The Bertz CT molecular complexity index is 342. The van der Waals surface area contributed by atoms with Gasteiger partial charge in [0.05, 0.1) is 11.6 Å². The first-order valence-corrected chi connectivity index (χ1v) is 8.83. The van der Waals surface area contributed by atoms with Gasteiger partial charge in [-0.1, -0.05) is 20.8 Å². The van der Waals surface area contributed by atoms with Crippen LogP contribution in [0.1, 0.15) is 65.7 Å². The second kappa shape index (κ2) is 7.59. The molecule has 0 spiro atoms. The van der Waals surface area contributed by atoms with E-state index in [0.29, 0.717) is 11.9 Å². The zero-order chi connectivity index (χ0) is 15.3. The van der Waals surface area contributed by atoms with E-state index in [1.807, 2.05) is 0 Å². The number of hydrogen-bond acceptors (Lipinski definition) is 3. The number of carbonyl (C=O) groups is 1. The lowest BCUT2D eigenvalue weighted by Gasteiger charge is -2.46. The highest BCUT2D eigenvalue weighted by molar-refractivity contribution is 5.83. The van der Waals surface area contributed by atoms with E-state index in [1.165, 1.54) is 0 Å². The molecule has 1 N–H and O–H groups in total. The predicted molar refractivity (Wildman–Crippen MR) is 85.3 cm³/mol. The van der Waals surface area contributed by atoms with Crippen molar-refractivity contribution in [1.29, 1.82) is 0 Å². The molecule has 0 aliphatic carbocycles. The van der Waals surface area contributed by atoms with Gasteiger partial charge in [-0.3, -0.25) is 4.79 Å². The van der Waals surface area contributed by atoms with Crippen molar-refractivity contribution in [3.05, 3.63) is 0 Å². The molecule has 4 heteroatoms. The smallest absolute Gasteiger partial charge is 0.239 e. The minimum absolute atomic E-state index is 0.00696. The second-order valence-corrected chi connectivity index (χ2v) is 6.57. The molecule has 2 rings (SSSR count). The van der Waals surface area contributed by atoms with Gasteiger partial charge in [-0.25, -0.2) is 0 Å². The van der Waals surface area contributed by atoms with Gasteiger partial charge in [0, 0.05) is 19.2 Å². The number of likely N-dealkylation sites (tertiary alicyclic amines) is 1. The second-order valence-electron chi connectivity index (χ2n) is 6.57. The zero-order valence-corrected chi connectivity index (χ0v) is 14.0. The summed E-state index contributed by atoms with van der Waals surface area (Å²) in [4.78, 5) is 14.9. The zero-order valence-electron chi connectivity index (χ0n) is 14.0. The summed E-state index contributed by atoms with van der Waals surface area (Å²) >= 11 is 0. The number of carbonyl (C=O) groups excluding carboxylic acids is 1. The van der Waals surface area contributed by atoms with E-state index >= 15 is 0 Å². The molecule has 2 aliphatic rings. The standard InChI is InChI=1S/C17H32N2O2/c1-4-10-18-15-8-7-11-19(16(15)20)14-9-12-21-17(5-2,6-3)13-14/h14-15,18H,4-13H2,1-3H3. The molecule has 0 aromatic heterocycles. The normalized spacial score (nSPS) is 29.7.